The van der Waals surface area contributed by atoms with Gasteiger partial charge in [0.2, 0.25) is 0 Å². The van der Waals surface area contributed by atoms with E-state index < -0.39 is 11.8 Å². The Kier molecular flexibility index (Phi) is 5.42. The van der Waals surface area contributed by atoms with Crippen molar-refractivity contribution in [3.63, 3.8) is 0 Å². The second-order valence-corrected chi connectivity index (χ2v) is 8.15. The number of nitrogen functional groups attached to an aromatic ring is 1. The minimum absolute atomic E-state index is 0.0584. The zero-order chi connectivity index (χ0) is 20.4. The number of carbonyl (C=O) groups excluding carboxylic acids is 1. The van der Waals surface area contributed by atoms with Crippen molar-refractivity contribution in [2.24, 2.45) is 5.41 Å². The van der Waals surface area contributed by atoms with Crippen molar-refractivity contribution in [1.29, 1.82) is 5.26 Å². The summed E-state index contributed by atoms with van der Waals surface area (Å²) in [6.45, 7) is 6.26. The first kappa shape index (κ1) is 19.9. The van der Waals surface area contributed by atoms with Gasteiger partial charge in [0.15, 0.2) is 11.4 Å². The Hall–Kier alpha value is -2.86. The minimum Gasteiger partial charge on any atom is -0.434 e. The van der Waals surface area contributed by atoms with Crippen LogP contribution in [-0.2, 0) is 14.2 Å². The van der Waals surface area contributed by atoms with Gasteiger partial charge in [-0.1, -0.05) is 20.8 Å². The fraction of sp³-hybridized carbons (Fsp3) is 0.579. The van der Waals surface area contributed by atoms with E-state index in [0.29, 0.717) is 24.2 Å². The number of ether oxygens (including phenoxy) is 3. The number of nitrogens with zero attached hydrogens (tertiary/aromatic N) is 4. The summed E-state index contributed by atoms with van der Waals surface area (Å²) < 4.78 is 17.9. The lowest BCUT2D eigenvalue weighted by Crippen LogP contribution is -2.33. The van der Waals surface area contributed by atoms with Gasteiger partial charge in [-0.15, -0.1) is 0 Å². The molecular weight excluding hydrogens is 362 g/mol. The maximum absolute atomic E-state index is 11.8. The van der Waals surface area contributed by atoms with E-state index in [4.69, 9.17) is 19.9 Å². The van der Waals surface area contributed by atoms with Gasteiger partial charge in [0.1, 0.15) is 30.6 Å². The molecule has 3 rings (SSSR count). The lowest BCUT2D eigenvalue weighted by atomic mass is 9.93. The smallest absolute Gasteiger partial charge is 0.434 e. The van der Waals surface area contributed by atoms with E-state index in [1.54, 1.807) is 4.52 Å². The normalized spacial score (nSPS) is 22.1. The third-order valence-corrected chi connectivity index (χ3v) is 4.72. The monoisotopic (exact) mass is 387 g/mol. The zero-order valence-electron chi connectivity index (χ0n) is 16.3. The fourth-order valence-electron chi connectivity index (χ4n) is 3.06. The zero-order valence-corrected chi connectivity index (χ0v) is 16.3. The van der Waals surface area contributed by atoms with E-state index in [9.17, 15) is 10.1 Å². The lowest BCUT2D eigenvalue weighted by molar-refractivity contribution is -0.0557. The van der Waals surface area contributed by atoms with Crippen LogP contribution in [0.25, 0.3) is 5.52 Å². The van der Waals surface area contributed by atoms with Gasteiger partial charge in [-0.2, -0.15) is 10.4 Å². The summed E-state index contributed by atoms with van der Waals surface area (Å²) in [4.78, 5) is 15.8. The Labute approximate surface area is 163 Å². The molecule has 0 aliphatic carbocycles. The summed E-state index contributed by atoms with van der Waals surface area (Å²) in [5, 5.41) is 13.8. The van der Waals surface area contributed by atoms with Crippen LogP contribution >= 0.6 is 0 Å². The number of fused-ring (bicyclic) bond motifs is 1. The van der Waals surface area contributed by atoms with Crippen LogP contribution in [0.15, 0.2) is 18.5 Å². The van der Waals surface area contributed by atoms with Gasteiger partial charge in [0.25, 0.3) is 0 Å². The second kappa shape index (κ2) is 7.64. The molecule has 0 spiro atoms. The third-order valence-electron chi connectivity index (χ3n) is 4.72. The predicted molar refractivity (Wildman–Crippen MR) is 100 cm³/mol. The molecule has 3 heterocycles. The maximum Gasteiger partial charge on any atom is 0.508 e. The topological polar surface area (TPSA) is 125 Å². The molecule has 1 fully saturated rings. The second-order valence-electron chi connectivity index (χ2n) is 8.15. The molecule has 1 aliphatic heterocycles. The largest absolute Gasteiger partial charge is 0.508 e. The highest BCUT2D eigenvalue weighted by molar-refractivity contribution is 5.65. The van der Waals surface area contributed by atoms with Crippen LogP contribution in [-0.4, -0.2) is 39.6 Å². The molecule has 150 valence electrons. The van der Waals surface area contributed by atoms with E-state index in [0.717, 1.165) is 12.1 Å². The van der Waals surface area contributed by atoms with Crippen LogP contribution in [0, 0.1) is 16.7 Å². The molecule has 2 atom stereocenters. The highest BCUT2D eigenvalue weighted by Crippen LogP contribution is 2.40. The van der Waals surface area contributed by atoms with Crippen molar-refractivity contribution < 1.29 is 19.0 Å². The number of rotatable bonds is 5. The van der Waals surface area contributed by atoms with Gasteiger partial charge in [-0.3, -0.25) is 0 Å². The molecule has 1 saturated heterocycles. The third kappa shape index (κ3) is 4.34. The molecule has 1 aliphatic rings. The van der Waals surface area contributed by atoms with E-state index in [1.807, 2.05) is 12.1 Å². The fourth-order valence-corrected chi connectivity index (χ4v) is 3.06. The highest BCUT2D eigenvalue weighted by atomic mass is 16.7. The molecule has 2 aromatic rings. The standard InChI is InChI=1S/C19H25N5O4/c1-18(2,3)8-9-26-17(25)27-11-19(10-20)7-6-15(28-19)13-4-5-14-16(21)22-12-23-24(13)14/h4-5,12,15H,6-9,11H2,1-3H3,(H2,21,22,23)/t15?,19-/m1/s1. The van der Waals surface area contributed by atoms with Crippen molar-refractivity contribution in [3.05, 3.63) is 24.2 Å². The van der Waals surface area contributed by atoms with Gasteiger partial charge in [-0.05, 0) is 36.8 Å². The molecule has 0 saturated carbocycles. The van der Waals surface area contributed by atoms with Crippen LogP contribution in [0.1, 0.15) is 51.8 Å². The summed E-state index contributed by atoms with van der Waals surface area (Å²) in [6.07, 6.45) is 1.95. The molecule has 0 aromatic carbocycles. The van der Waals surface area contributed by atoms with Crippen molar-refractivity contribution in [3.8, 4) is 6.07 Å². The first-order chi connectivity index (χ1) is 13.2. The molecule has 2 N–H and O–H groups in total. The van der Waals surface area contributed by atoms with E-state index in [1.165, 1.54) is 6.33 Å². The summed E-state index contributed by atoms with van der Waals surface area (Å²) >= 11 is 0. The summed E-state index contributed by atoms with van der Waals surface area (Å²) in [5.74, 6) is 0.368. The van der Waals surface area contributed by atoms with Gasteiger partial charge >= 0.3 is 6.16 Å². The number of hydrogen-bond acceptors (Lipinski definition) is 8. The number of nitrogens with two attached hydrogens (primary N) is 1. The predicted octanol–water partition coefficient (Wildman–Crippen LogP) is 3.01. The van der Waals surface area contributed by atoms with Crippen molar-refractivity contribution in [2.45, 2.75) is 51.7 Å². The number of aromatic nitrogens is 3. The number of hydrogen-bond donors (Lipinski definition) is 1. The Bertz CT molecular complexity index is 898. The van der Waals surface area contributed by atoms with Gasteiger partial charge < -0.3 is 19.9 Å². The lowest BCUT2D eigenvalue weighted by Gasteiger charge is -2.22. The van der Waals surface area contributed by atoms with Crippen molar-refractivity contribution in [2.75, 3.05) is 18.9 Å². The summed E-state index contributed by atoms with van der Waals surface area (Å²) in [5.41, 5.74) is 6.15. The van der Waals surface area contributed by atoms with Crippen LogP contribution in [0.3, 0.4) is 0 Å². The number of anilines is 1. The van der Waals surface area contributed by atoms with Crippen LogP contribution in [0.2, 0.25) is 0 Å². The molecule has 2 aromatic heterocycles. The van der Waals surface area contributed by atoms with Gasteiger partial charge in [0, 0.05) is 0 Å². The number of nitriles is 1. The molecular formula is C19H25N5O4. The van der Waals surface area contributed by atoms with Crippen molar-refractivity contribution >= 4 is 17.5 Å². The van der Waals surface area contributed by atoms with Crippen molar-refractivity contribution in [1.82, 2.24) is 14.6 Å². The first-order valence-corrected chi connectivity index (χ1v) is 9.20. The quantitative estimate of drug-likeness (QED) is 0.776. The molecule has 28 heavy (non-hydrogen) atoms. The SMILES string of the molecule is CC(C)(C)CCOC(=O)OC[C@]1(C#N)CCC(c2ccc3c(N)ncnn23)O1. The van der Waals surface area contributed by atoms with Crippen LogP contribution < -0.4 is 5.73 Å². The highest BCUT2D eigenvalue weighted by Gasteiger charge is 2.43. The minimum atomic E-state index is -1.21. The Morgan fingerprint density at radius 2 is 2.25 bits per heavy atom. The van der Waals surface area contributed by atoms with Crippen LogP contribution in [0.4, 0.5) is 10.6 Å². The summed E-state index contributed by atoms with van der Waals surface area (Å²) in [6, 6.07) is 5.80. The Morgan fingerprint density at radius 1 is 1.46 bits per heavy atom. The van der Waals surface area contributed by atoms with E-state index in [2.05, 4.69) is 36.9 Å². The molecule has 1 unspecified atom stereocenters. The number of carbonyl (C=O) groups is 1. The maximum atomic E-state index is 11.8. The molecule has 0 bridgehead atoms. The first-order valence-electron chi connectivity index (χ1n) is 9.20. The summed E-state index contributed by atoms with van der Waals surface area (Å²) in [7, 11) is 0. The van der Waals surface area contributed by atoms with E-state index in [-0.39, 0.29) is 24.7 Å². The molecule has 9 heteroatoms. The van der Waals surface area contributed by atoms with Gasteiger partial charge in [0.05, 0.1) is 12.3 Å². The van der Waals surface area contributed by atoms with Crippen LogP contribution in [0.5, 0.6) is 0 Å². The average molecular weight is 387 g/mol. The van der Waals surface area contributed by atoms with E-state index >= 15 is 0 Å². The van der Waals surface area contributed by atoms with Gasteiger partial charge in [-0.25, -0.2) is 14.3 Å². The Morgan fingerprint density at radius 3 is 2.96 bits per heavy atom. The molecule has 0 radical (unpaired) electrons. The Balaban J connectivity index is 1.60. The average Bonchev–Trinajstić information content (AvgIpc) is 3.24. The molecule has 0 amide bonds. The molecule has 9 nitrogen and oxygen atoms in total.